The number of carboxylic acid groups (broad SMARTS) is 1. The third-order valence-corrected chi connectivity index (χ3v) is 4.03. The van der Waals surface area contributed by atoms with E-state index in [1.165, 1.54) is 0 Å². The van der Waals surface area contributed by atoms with E-state index in [4.69, 9.17) is 4.74 Å². The average Bonchev–Trinajstić information content (AvgIpc) is 2.42. The van der Waals surface area contributed by atoms with E-state index >= 15 is 0 Å². The molecular weight excluding hydrogens is 268 g/mol. The van der Waals surface area contributed by atoms with Crippen LogP contribution in [0.2, 0.25) is 0 Å². The van der Waals surface area contributed by atoms with Crippen LogP contribution in [0.3, 0.4) is 0 Å². The first kappa shape index (κ1) is 18.4. The molecule has 0 aromatic heterocycles. The molecule has 1 fully saturated rings. The number of nitrogens with one attached hydrogen (secondary N) is 1. The van der Waals surface area contributed by atoms with Gasteiger partial charge in [-0.15, -0.1) is 0 Å². The van der Waals surface area contributed by atoms with Crippen molar-refractivity contribution in [1.82, 2.24) is 10.2 Å². The zero-order valence-corrected chi connectivity index (χ0v) is 14.0. The monoisotopic (exact) mass is 300 g/mol. The van der Waals surface area contributed by atoms with Gasteiger partial charge in [0.05, 0.1) is 6.10 Å². The van der Waals surface area contributed by atoms with Crippen molar-refractivity contribution in [2.75, 3.05) is 26.2 Å². The molecule has 1 heterocycles. The standard InChI is InChI=1S/C16H32N2O3/c1-5-11-21-14-7-6-9-18(12-14)10-8-16(4,15(19)20)17-13(2)3/h13-14,17H,5-12H2,1-4H3,(H,19,20). The van der Waals surface area contributed by atoms with Gasteiger partial charge in [-0.1, -0.05) is 6.92 Å². The summed E-state index contributed by atoms with van der Waals surface area (Å²) in [7, 11) is 0. The van der Waals surface area contributed by atoms with Gasteiger partial charge in [0.25, 0.3) is 0 Å². The lowest BCUT2D eigenvalue weighted by Crippen LogP contribution is -2.54. The SMILES string of the molecule is CCCOC1CCCN(CCC(C)(NC(C)C)C(=O)O)C1. The number of carboxylic acids is 1. The molecule has 0 saturated carbocycles. The summed E-state index contributed by atoms with van der Waals surface area (Å²) in [5, 5.41) is 12.7. The molecule has 2 unspecified atom stereocenters. The Morgan fingerprint density at radius 2 is 2.24 bits per heavy atom. The molecule has 0 radical (unpaired) electrons. The van der Waals surface area contributed by atoms with E-state index in [9.17, 15) is 9.90 Å². The second kappa shape index (κ2) is 8.71. The molecule has 21 heavy (non-hydrogen) atoms. The minimum Gasteiger partial charge on any atom is -0.480 e. The van der Waals surface area contributed by atoms with Crippen LogP contribution in [-0.2, 0) is 9.53 Å². The van der Waals surface area contributed by atoms with Crippen molar-refractivity contribution < 1.29 is 14.6 Å². The second-order valence-corrected chi connectivity index (χ2v) is 6.62. The number of hydrogen-bond acceptors (Lipinski definition) is 4. The normalized spacial score (nSPS) is 23.2. The lowest BCUT2D eigenvalue weighted by atomic mass is 9.95. The number of carbonyl (C=O) groups is 1. The van der Waals surface area contributed by atoms with Gasteiger partial charge in [-0.25, -0.2) is 0 Å². The summed E-state index contributed by atoms with van der Waals surface area (Å²) in [4.78, 5) is 13.9. The Bertz CT molecular complexity index is 323. The van der Waals surface area contributed by atoms with Crippen molar-refractivity contribution in [2.24, 2.45) is 0 Å². The minimum atomic E-state index is -0.856. The molecule has 0 amide bonds. The van der Waals surface area contributed by atoms with Gasteiger partial charge in [0.1, 0.15) is 5.54 Å². The molecule has 1 saturated heterocycles. The van der Waals surface area contributed by atoms with Crippen LogP contribution in [0.4, 0.5) is 0 Å². The largest absolute Gasteiger partial charge is 0.480 e. The summed E-state index contributed by atoms with van der Waals surface area (Å²) < 4.78 is 5.83. The molecule has 2 N–H and O–H groups in total. The van der Waals surface area contributed by atoms with E-state index in [1.54, 1.807) is 6.92 Å². The number of piperidine rings is 1. The van der Waals surface area contributed by atoms with Crippen molar-refractivity contribution in [3.8, 4) is 0 Å². The predicted molar refractivity (Wildman–Crippen MR) is 84.6 cm³/mol. The van der Waals surface area contributed by atoms with Crippen LogP contribution < -0.4 is 5.32 Å². The van der Waals surface area contributed by atoms with E-state index in [2.05, 4.69) is 17.1 Å². The molecular formula is C16H32N2O3. The van der Waals surface area contributed by atoms with Gasteiger partial charge >= 0.3 is 5.97 Å². The fraction of sp³-hybridized carbons (Fsp3) is 0.938. The predicted octanol–water partition coefficient (Wildman–Crippen LogP) is 2.11. The summed E-state index contributed by atoms with van der Waals surface area (Å²) in [6.07, 6.45) is 4.23. The summed E-state index contributed by atoms with van der Waals surface area (Å²) in [6, 6.07) is 0.160. The number of nitrogens with zero attached hydrogens (tertiary/aromatic N) is 1. The lowest BCUT2D eigenvalue weighted by molar-refractivity contribution is -0.145. The Balaban J connectivity index is 2.46. The van der Waals surface area contributed by atoms with Crippen LogP contribution in [0.15, 0.2) is 0 Å². The van der Waals surface area contributed by atoms with E-state index in [0.717, 1.165) is 45.5 Å². The van der Waals surface area contributed by atoms with Crippen molar-refractivity contribution in [3.63, 3.8) is 0 Å². The van der Waals surface area contributed by atoms with E-state index in [-0.39, 0.29) is 6.04 Å². The number of rotatable bonds is 9. The first-order chi connectivity index (χ1) is 9.87. The van der Waals surface area contributed by atoms with Gasteiger partial charge in [-0.2, -0.15) is 0 Å². The van der Waals surface area contributed by atoms with Gasteiger partial charge in [-0.05, 0) is 53.0 Å². The highest BCUT2D eigenvalue weighted by Gasteiger charge is 2.34. The third-order valence-electron chi connectivity index (χ3n) is 4.03. The Morgan fingerprint density at radius 1 is 1.52 bits per heavy atom. The zero-order chi connectivity index (χ0) is 15.9. The van der Waals surface area contributed by atoms with Crippen LogP contribution in [0.5, 0.6) is 0 Å². The molecule has 1 rings (SSSR count). The molecule has 0 aromatic carbocycles. The summed E-state index contributed by atoms with van der Waals surface area (Å²) in [5.74, 6) is -0.771. The summed E-state index contributed by atoms with van der Waals surface area (Å²) in [6.45, 7) is 11.5. The highest BCUT2D eigenvalue weighted by molar-refractivity contribution is 5.78. The Labute approximate surface area is 129 Å². The molecule has 1 aliphatic rings. The van der Waals surface area contributed by atoms with Crippen LogP contribution in [0, 0.1) is 0 Å². The lowest BCUT2D eigenvalue weighted by Gasteiger charge is -2.35. The van der Waals surface area contributed by atoms with Crippen LogP contribution in [0.25, 0.3) is 0 Å². The average molecular weight is 300 g/mol. The topological polar surface area (TPSA) is 61.8 Å². The number of aliphatic carboxylic acids is 1. The van der Waals surface area contributed by atoms with Gasteiger partial charge < -0.3 is 14.7 Å². The maximum atomic E-state index is 11.5. The van der Waals surface area contributed by atoms with Crippen molar-refractivity contribution in [1.29, 1.82) is 0 Å². The minimum absolute atomic E-state index is 0.160. The number of hydrogen-bond donors (Lipinski definition) is 2. The summed E-state index contributed by atoms with van der Waals surface area (Å²) in [5.41, 5.74) is -0.856. The smallest absolute Gasteiger partial charge is 0.323 e. The molecule has 124 valence electrons. The molecule has 0 aromatic rings. The van der Waals surface area contributed by atoms with Gasteiger partial charge in [0, 0.05) is 25.7 Å². The maximum absolute atomic E-state index is 11.5. The quantitative estimate of drug-likeness (QED) is 0.683. The summed E-state index contributed by atoms with van der Waals surface area (Å²) >= 11 is 0. The highest BCUT2D eigenvalue weighted by Crippen LogP contribution is 2.17. The third kappa shape index (κ3) is 6.32. The number of ether oxygens (including phenoxy) is 1. The second-order valence-electron chi connectivity index (χ2n) is 6.62. The first-order valence-corrected chi connectivity index (χ1v) is 8.22. The molecule has 0 aliphatic carbocycles. The molecule has 0 bridgehead atoms. The molecule has 5 nitrogen and oxygen atoms in total. The Morgan fingerprint density at radius 3 is 2.81 bits per heavy atom. The van der Waals surface area contributed by atoms with Gasteiger partial charge in [0.15, 0.2) is 0 Å². The molecule has 0 spiro atoms. The zero-order valence-electron chi connectivity index (χ0n) is 14.0. The van der Waals surface area contributed by atoms with E-state index in [1.807, 2.05) is 13.8 Å². The maximum Gasteiger partial charge on any atom is 0.323 e. The Kier molecular flexibility index (Phi) is 7.63. The van der Waals surface area contributed by atoms with E-state index < -0.39 is 11.5 Å². The Hall–Kier alpha value is -0.650. The fourth-order valence-corrected chi connectivity index (χ4v) is 2.90. The van der Waals surface area contributed by atoms with Crippen molar-refractivity contribution in [3.05, 3.63) is 0 Å². The number of likely N-dealkylation sites (tertiary alicyclic amines) is 1. The van der Waals surface area contributed by atoms with Crippen molar-refractivity contribution >= 4 is 5.97 Å². The highest BCUT2D eigenvalue weighted by atomic mass is 16.5. The van der Waals surface area contributed by atoms with Crippen LogP contribution in [0.1, 0.15) is 53.4 Å². The molecule has 5 heteroatoms. The van der Waals surface area contributed by atoms with Gasteiger partial charge in [0.2, 0.25) is 0 Å². The first-order valence-electron chi connectivity index (χ1n) is 8.22. The fourth-order valence-electron chi connectivity index (χ4n) is 2.90. The van der Waals surface area contributed by atoms with E-state index in [0.29, 0.717) is 12.5 Å². The van der Waals surface area contributed by atoms with Crippen molar-refractivity contribution in [2.45, 2.75) is 71.1 Å². The van der Waals surface area contributed by atoms with Crippen LogP contribution in [-0.4, -0.2) is 59.9 Å². The molecule has 1 aliphatic heterocycles. The van der Waals surface area contributed by atoms with Crippen LogP contribution >= 0.6 is 0 Å². The van der Waals surface area contributed by atoms with Gasteiger partial charge in [-0.3, -0.25) is 10.1 Å². The molecule has 2 atom stereocenters.